The third kappa shape index (κ3) is 13.8. The SMILES string of the molecule is CCCCCCCCC(=Nc1cccc(C[Si](C)(C)C)c1)C(CCCC)=Nc1cccc(C[Si](C)(C)C)c1. The molecule has 0 atom stereocenters. The molecule has 2 rings (SSSR count). The Kier molecular flexibility index (Phi) is 14.0. The van der Waals surface area contributed by atoms with Crippen LogP contribution >= 0.6 is 0 Å². The van der Waals surface area contributed by atoms with Gasteiger partial charge in [-0.25, -0.2) is 0 Å². The molecule has 0 radical (unpaired) electrons. The van der Waals surface area contributed by atoms with Crippen LogP contribution in [0.5, 0.6) is 0 Å². The number of unbranched alkanes of at least 4 members (excludes halogenated alkanes) is 6. The fourth-order valence-corrected chi connectivity index (χ4v) is 7.84. The molecule has 2 nitrogen and oxygen atoms in total. The summed E-state index contributed by atoms with van der Waals surface area (Å²) < 4.78 is 0. The molecule has 4 heteroatoms. The third-order valence-electron chi connectivity index (χ3n) is 6.69. The minimum absolute atomic E-state index is 0.998. The van der Waals surface area contributed by atoms with Gasteiger partial charge in [-0.1, -0.05) is 116 Å². The topological polar surface area (TPSA) is 24.7 Å². The molecule has 0 aliphatic rings. The number of hydrogen-bond acceptors (Lipinski definition) is 2. The van der Waals surface area contributed by atoms with Gasteiger partial charge in [-0.05, 0) is 73.2 Å². The number of hydrogen-bond donors (Lipinski definition) is 0. The third-order valence-corrected chi connectivity index (χ3v) is 9.62. The fourth-order valence-electron chi connectivity index (χ4n) is 4.95. The molecule has 0 unspecified atom stereocenters. The summed E-state index contributed by atoms with van der Waals surface area (Å²) in [4.78, 5) is 10.6. The number of nitrogens with zero attached hydrogens (tertiary/aromatic N) is 2. The van der Waals surface area contributed by atoms with Gasteiger partial charge in [-0.15, -0.1) is 0 Å². The predicted octanol–water partition coefficient (Wildman–Crippen LogP) is 11.3. The minimum Gasteiger partial charge on any atom is -0.252 e. The molecule has 0 fully saturated rings. The highest BCUT2D eigenvalue weighted by Crippen LogP contribution is 2.23. The Morgan fingerprint density at radius 3 is 1.42 bits per heavy atom. The second-order valence-corrected chi connectivity index (χ2v) is 24.5. The first-order chi connectivity index (χ1) is 18.0. The summed E-state index contributed by atoms with van der Waals surface area (Å²) in [7, 11) is -2.36. The van der Waals surface area contributed by atoms with E-state index in [1.165, 1.54) is 79.6 Å². The quantitative estimate of drug-likeness (QED) is 0.107. The first kappa shape index (κ1) is 32.4. The number of benzene rings is 2. The summed E-state index contributed by atoms with van der Waals surface area (Å²) in [6.07, 6.45) is 12.1. The first-order valence-electron chi connectivity index (χ1n) is 15.3. The lowest BCUT2D eigenvalue weighted by Gasteiger charge is -2.17. The van der Waals surface area contributed by atoms with E-state index in [1.807, 2.05) is 0 Å². The van der Waals surface area contributed by atoms with E-state index in [4.69, 9.17) is 9.98 Å². The van der Waals surface area contributed by atoms with Crippen LogP contribution in [-0.2, 0) is 12.1 Å². The van der Waals surface area contributed by atoms with Gasteiger partial charge in [0.2, 0.25) is 0 Å². The van der Waals surface area contributed by atoms with Crippen LogP contribution < -0.4 is 0 Å². The van der Waals surface area contributed by atoms with Crippen molar-refractivity contribution < 1.29 is 0 Å². The maximum Gasteiger partial charge on any atom is 0.0636 e. The molecule has 0 heterocycles. The monoisotopic (exact) mass is 548 g/mol. The molecule has 0 aliphatic heterocycles. The van der Waals surface area contributed by atoms with Gasteiger partial charge in [0.05, 0.1) is 22.8 Å². The van der Waals surface area contributed by atoms with Crippen molar-refractivity contribution in [2.24, 2.45) is 9.98 Å². The van der Waals surface area contributed by atoms with Gasteiger partial charge < -0.3 is 0 Å². The summed E-state index contributed by atoms with van der Waals surface area (Å²) in [6.45, 7) is 19.2. The van der Waals surface area contributed by atoms with Crippen molar-refractivity contribution in [3.63, 3.8) is 0 Å². The van der Waals surface area contributed by atoms with Crippen molar-refractivity contribution in [3.8, 4) is 0 Å². The Morgan fingerprint density at radius 1 is 0.553 bits per heavy atom. The highest BCUT2D eigenvalue weighted by molar-refractivity contribution is 6.75. The molecule has 2 aromatic carbocycles. The Balaban J connectivity index is 2.42. The van der Waals surface area contributed by atoms with Crippen molar-refractivity contribution in [2.45, 2.75) is 129 Å². The van der Waals surface area contributed by atoms with Crippen molar-refractivity contribution in [3.05, 3.63) is 59.7 Å². The second-order valence-electron chi connectivity index (χ2n) is 13.6. The summed E-state index contributed by atoms with van der Waals surface area (Å²) >= 11 is 0. The van der Waals surface area contributed by atoms with E-state index in [-0.39, 0.29) is 0 Å². The predicted molar refractivity (Wildman–Crippen MR) is 179 cm³/mol. The molecule has 0 N–H and O–H groups in total. The molecule has 0 spiro atoms. The van der Waals surface area contributed by atoms with E-state index in [9.17, 15) is 0 Å². The van der Waals surface area contributed by atoms with Crippen LogP contribution in [0.2, 0.25) is 39.3 Å². The molecule has 38 heavy (non-hydrogen) atoms. The maximum absolute atomic E-state index is 5.32. The van der Waals surface area contributed by atoms with Gasteiger partial charge in [0.15, 0.2) is 0 Å². The van der Waals surface area contributed by atoms with E-state index in [1.54, 1.807) is 0 Å². The molecule has 0 saturated carbocycles. The van der Waals surface area contributed by atoms with Gasteiger partial charge in [-0.3, -0.25) is 9.98 Å². The van der Waals surface area contributed by atoms with Crippen LogP contribution in [0.1, 0.15) is 89.2 Å². The van der Waals surface area contributed by atoms with E-state index in [0.29, 0.717) is 0 Å². The van der Waals surface area contributed by atoms with Crippen molar-refractivity contribution in [1.82, 2.24) is 0 Å². The van der Waals surface area contributed by atoms with Crippen LogP contribution in [0, 0.1) is 0 Å². The van der Waals surface area contributed by atoms with Crippen LogP contribution in [0.15, 0.2) is 58.5 Å². The molecule has 0 amide bonds. The molecule has 2 aromatic rings. The lowest BCUT2D eigenvalue weighted by molar-refractivity contribution is 0.616. The van der Waals surface area contributed by atoms with E-state index in [2.05, 4.69) is 102 Å². The Morgan fingerprint density at radius 2 is 0.974 bits per heavy atom. The lowest BCUT2D eigenvalue weighted by atomic mass is 10.0. The zero-order chi connectivity index (χ0) is 28.0. The Hall–Kier alpha value is -1.79. The zero-order valence-corrected chi connectivity index (χ0v) is 28.0. The molecule has 0 aliphatic carbocycles. The summed E-state index contributed by atoms with van der Waals surface area (Å²) in [5.74, 6) is 0. The second kappa shape index (κ2) is 16.3. The van der Waals surface area contributed by atoms with Gasteiger partial charge in [0.1, 0.15) is 0 Å². The smallest absolute Gasteiger partial charge is 0.0636 e. The van der Waals surface area contributed by atoms with E-state index < -0.39 is 16.1 Å². The van der Waals surface area contributed by atoms with Crippen LogP contribution in [0.3, 0.4) is 0 Å². The number of aliphatic imine (C=N–C) groups is 2. The van der Waals surface area contributed by atoms with Gasteiger partial charge in [-0.2, -0.15) is 0 Å². The minimum atomic E-state index is -1.18. The average Bonchev–Trinajstić information content (AvgIpc) is 2.81. The summed E-state index contributed by atoms with van der Waals surface area (Å²) in [5, 5.41) is 0. The van der Waals surface area contributed by atoms with Crippen LogP contribution in [0.25, 0.3) is 0 Å². The highest BCUT2D eigenvalue weighted by atomic mass is 28.3. The molecule has 0 aromatic heterocycles. The summed E-state index contributed by atoms with van der Waals surface area (Å²) in [6, 6.07) is 20.3. The molecular weight excluding hydrogens is 493 g/mol. The standard InChI is InChI=1S/C34H56N2Si2/c1-9-11-13-14-15-16-24-34(36-32-22-18-20-30(26-32)28-38(6,7)8)33(23-12-10-2)35-31-21-17-19-29(25-31)27-37(3,4)5/h17-22,25-26H,9-16,23-24,27-28H2,1-8H3. The van der Waals surface area contributed by atoms with E-state index in [0.717, 1.165) is 30.6 Å². The molecular formula is C34H56N2Si2. The van der Waals surface area contributed by atoms with Gasteiger partial charge in [0, 0.05) is 16.1 Å². The average molecular weight is 549 g/mol. The normalized spacial score (nSPS) is 13.3. The van der Waals surface area contributed by atoms with Crippen LogP contribution in [-0.4, -0.2) is 27.6 Å². The molecule has 0 saturated heterocycles. The van der Waals surface area contributed by atoms with Crippen molar-refractivity contribution >= 4 is 38.9 Å². The van der Waals surface area contributed by atoms with Gasteiger partial charge in [0.25, 0.3) is 0 Å². The molecule has 0 bridgehead atoms. The maximum atomic E-state index is 5.32. The fraction of sp³-hybridized carbons (Fsp3) is 0.588. The highest BCUT2D eigenvalue weighted by Gasteiger charge is 2.16. The first-order valence-corrected chi connectivity index (χ1v) is 22.7. The Labute approximate surface area is 237 Å². The Bertz CT molecular complexity index is 1030. The van der Waals surface area contributed by atoms with Crippen LogP contribution in [0.4, 0.5) is 11.4 Å². The van der Waals surface area contributed by atoms with E-state index >= 15 is 0 Å². The molecule has 210 valence electrons. The summed E-state index contributed by atoms with van der Waals surface area (Å²) in [5.41, 5.74) is 7.44. The van der Waals surface area contributed by atoms with Crippen molar-refractivity contribution in [2.75, 3.05) is 0 Å². The van der Waals surface area contributed by atoms with Crippen molar-refractivity contribution in [1.29, 1.82) is 0 Å². The van der Waals surface area contributed by atoms with Gasteiger partial charge >= 0.3 is 0 Å². The largest absolute Gasteiger partial charge is 0.252 e. The lowest BCUT2D eigenvalue weighted by Crippen LogP contribution is -2.23. The number of rotatable bonds is 17. The zero-order valence-electron chi connectivity index (χ0n) is 26.0.